The van der Waals surface area contributed by atoms with Crippen LogP contribution in [0.4, 0.5) is 10.1 Å². The van der Waals surface area contributed by atoms with Crippen molar-refractivity contribution in [1.29, 1.82) is 5.26 Å². The Hall–Kier alpha value is -2.67. The van der Waals surface area contributed by atoms with Crippen molar-refractivity contribution in [3.63, 3.8) is 0 Å². The number of nitrogens with zero attached hydrogens (tertiary/aromatic N) is 1. The standard InChI is InChI=1S/C26H20Br3FN2O3/c1-3-34-23-12-16(11-21(29)25(23)35-14-17-6-4-5-7-22(17)30)10-18(13-31)26(33)32-24-19(27)8-15(2)9-20(24)28/h4-12H,3,14H2,1-2H3,(H,32,33)/b18-10+. The second-order valence-corrected chi connectivity index (χ2v) is 9.93. The van der Waals surface area contributed by atoms with Crippen molar-refractivity contribution in [2.24, 2.45) is 0 Å². The minimum Gasteiger partial charge on any atom is -0.490 e. The highest BCUT2D eigenvalue weighted by Crippen LogP contribution is 2.38. The van der Waals surface area contributed by atoms with Crippen molar-refractivity contribution in [1.82, 2.24) is 0 Å². The van der Waals surface area contributed by atoms with Gasteiger partial charge in [-0.2, -0.15) is 5.26 Å². The number of carbonyl (C=O) groups is 1. The zero-order chi connectivity index (χ0) is 25.5. The normalized spacial score (nSPS) is 11.1. The Kier molecular flexibility index (Phi) is 9.49. The molecule has 3 aromatic rings. The number of amides is 1. The molecule has 0 unspecified atom stereocenters. The summed E-state index contributed by atoms with van der Waals surface area (Å²) in [5.74, 6) is -0.140. The quantitative estimate of drug-likeness (QED) is 0.196. The van der Waals surface area contributed by atoms with Crippen molar-refractivity contribution in [3.05, 3.63) is 90.0 Å². The van der Waals surface area contributed by atoms with Gasteiger partial charge in [0.2, 0.25) is 0 Å². The average Bonchev–Trinajstić information content (AvgIpc) is 2.80. The molecule has 0 fully saturated rings. The van der Waals surface area contributed by atoms with Gasteiger partial charge in [-0.1, -0.05) is 18.2 Å². The largest absolute Gasteiger partial charge is 0.490 e. The van der Waals surface area contributed by atoms with Crippen LogP contribution in [-0.4, -0.2) is 12.5 Å². The Morgan fingerprint density at radius 1 is 1.09 bits per heavy atom. The van der Waals surface area contributed by atoms with Gasteiger partial charge in [-0.3, -0.25) is 4.79 Å². The van der Waals surface area contributed by atoms with Crippen LogP contribution >= 0.6 is 47.8 Å². The number of hydrogen-bond donors (Lipinski definition) is 1. The molecule has 0 saturated carbocycles. The topological polar surface area (TPSA) is 71.3 Å². The van der Waals surface area contributed by atoms with Crippen LogP contribution < -0.4 is 14.8 Å². The predicted octanol–water partition coefficient (Wildman–Crippen LogP) is 7.95. The molecule has 0 bridgehead atoms. The third-order valence-corrected chi connectivity index (χ3v) is 6.60. The van der Waals surface area contributed by atoms with E-state index in [1.54, 1.807) is 30.3 Å². The van der Waals surface area contributed by atoms with E-state index in [1.807, 2.05) is 32.0 Å². The van der Waals surface area contributed by atoms with E-state index in [0.717, 1.165) is 5.56 Å². The molecule has 0 heterocycles. The van der Waals surface area contributed by atoms with Crippen LogP contribution in [0, 0.1) is 24.1 Å². The van der Waals surface area contributed by atoms with Crippen LogP contribution in [0.2, 0.25) is 0 Å². The molecule has 0 radical (unpaired) electrons. The summed E-state index contributed by atoms with van der Waals surface area (Å²) in [6, 6.07) is 15.4. The Balaban J connectivity index is 1.89. The van der Waals surface area contributed by atoms with Crippen molar-refractivity contribution >= 4 is 65.5 Å². The molecule has 0 aliphatic rings. The first-order valence-electron chi connectivity index (χ1n) is 10.4. The van der Waals surface area contributed by atoms with Gasteiger partial charge in [-0.15, -0.1) is 0 Å². The SMILES string of the molecule is CCOc1cc(/C=C(\C#N)C(=O)Nc2c(Br)cc(C)cc2Br)cc(Br)c1OCc1ccccc1F. The van der Waals surface area contributed by atoms with Crippen LogP contribution in [0.25, 0.3) is 6.08 Å². The van der Waals surface area contributed by atoms with E-state index in [4.69, 9.17) is 9.47 Å². The first kappa shape index (κ1) is 26.9. The fraction of sp³-hybridized carbons (Fsp3) is 0.154. The van der Waals surface area contributed by atoms with Crippen molar-refractivity contribution in [2.45, 2.75) is 20.5 Å². The fourth-order valence-corrected chi connectivity index (χ4v) is 5.34. The van der Waals surface area contributed by atoms with E-state index in [9.17, 15) is 14.4 Å². The third-order valence-electron chi connectivity index (χ3n) is 4.76. The molecule has 1 amide bonds. The van der Waals surface area contributed by atoms with Gasteiger partial charge in [-0.25, -0.2) is 4.39 Å². The lowest BCUT2D eigenvalue weighted by Crippen LogP contribution is -2.14. The monoisotopic (exact) mass is 664 g/mol. The highest BCUT2D eigenvalue weighted by atomic mass is 79.9. The zero-order valence-electron chi connectivity index (χ0n) is 18.8. The molecule has 180 valence electrons. The first-order chi connectivity index (χ1) is 16.7. The van der Waals surface area contributed by atoms with E-state index >= 15 is 0 Å². The maximum atomic E-state index is 14.0. The van der Waals surface area contributed by atoms with Gasteiger partial charge in [0, 0.05) is 14.5 Å². The molecule has 35 heavy (non-hydrogen) atoms. The smallest absolute Gasteiger partial charge is 0.266 e. The molecule has 9 heteroatoms. The summed E-state index contributed by atoms with van der Waals surface area (Å²) in [7, 11) is 0. The summed E-state index contributed by atoms with van der Waals surface area (Å²) in [6.45, 7) is 4.12. The van der Waals surface area contributed by atoms with Crippen LogP contribution in [0.5, 0.6) is 11.5 Å². The van der Waals surface area contributed by atoms with Gasteiger partial charge in [0.25, 0.3) is 5.91 Å². The molecule has 3 rings (SSSR count). The Labute approximate surface area is 228 Å². The molecule has 3 aromatic carbocycles. The minimum absolute atomic E-state index is 0.00664. The molecule has 1 N–H and O–H groups in total. The van der Waals surface area contributed by atoms with Crippen molar-refractivity contribution in [2.75, 3.05) is 11.9 Å². The Morgan fingerprint density at radius 2 is 1.77 bits per heavy atom. The Morgan fingerprint density at radius 3 is 2.40 bits per heavy atom. The van der Waals surface area contributed by atoms with Gasteiger partial charge in [0.05, 0.1) is 16.8 Å². The number of nitrogens with one attached hydrogen (secondary N) is 1. The molecule has 0 aliphatic carbocycles. The fourth-order valence-electron chi connectivity index (χ4n) is 3.16. The molecule has 5 nitrogen and oxygen atoms in total. The molecular formula is C26H20Br3FN2O3. The summed E-state index contributed by atoms with van der Waals surface area (Å²) in [6.07, 6.45) is 1.46. The van der Waals surface area contributed by atoms with Crippen molar-refractivity contribution < 1.29 is 18.7 Å². The van der Waals surface area contributed by atoms with Crippen LogP contribution in [0.3, 0.4) is 0 Å². The van der Waals surface area contributed by atoms with E-state index in [-0.39, 0.29) is 18.0 Å². The maximum Gasteiger partial charge on any atom is 0.266 e. The van der Waals surface area contributed by atoms with Gasteiger partial charge in [0.1, 0.15) is 24.1 Å². The molecule has 0 aliphatic heterocycles. The van der Waals surface area contributed by atoms with Gasteiger partial charge < -0.3 is 14.8 Å². The molecule has 0 spiro atoms. The van der Waals surface area contributed by atoms with E-state index in [0.29, 0.717) is 48.3 Å². The van der Waals surface area contributed by atoms with Crippen molar-refractivity contribution in [3.8, 4) is 17.6 Å². The number of benzene rings is 3. The second kappa shape index (κ2) is 12.3. The molecule has 0 atom stereocenters. The van der Waals surface area contributed by atoms with Crippen LogP contribution in [0.15, 0.2) is 67.5 Å². The number of carbonyl (C=O) groups excluding carboxylic acids is 1. The minimum atomic E-state index is -0.563. The second-order valence-electron chi connectivity index (χ2n) is 7.37. The third kappa shape index (κ3) is 6.94. The van der Waals surface area contributed by atoms with Crippen LogP contribution in [0.1, 0.15) is 23.6 Å². The number of ether oxygens (including phenoxy) is 2. The summed E-state index contributed by atoms with van der Waals surface area (Å²) >= 11 is 10.3. The van der Waals surface area contributed by atoms with E-state index < -0.39 is 5.91 Å². The zero-order valence-corrected chi connectivity index (χ0v) is 23.6. The highest BCUT2D eigenvalue weighted by molar-refractivity contribution is 9.11. The number of hydrogen-bond acceptors (Lipinski definition) is 4. The van der Waals surface area contributed by atoms with E-state index in [2.05, 4.69) is 53.1 Å². The molecular weight excluding hydrogens is 647 g/mol. The number of rotatable bonds is 8. The number of aryl methyl sites for hydroxylation is 1. The number of nitriles is 1. The summed E-state index contributed by atoms with van der Waals surface area (Å²) in [4.78, 5) is 12.8. The van der Waals surface area contributed by atoms with Crippen LogP contribution in [-0.2, 0) is 11.4 Å². The highest BCUT2D eigenvalue weighted by Gasteiger charge is 2.17. The lowest BCUT2D eigenvalue weighted by molar-refractivity contribution is -0.112. The van der Waals surface area contributed by atoms with E-state index in [1.165, 1.54) is 12.1 Å². The predicted molar refractivity (Wildman–Crippen MR) is 145 cm³/mol. The van der Waals surface area contributed by atoms with Gasteiger partial charge >= 0.3 is 0 Å². The molecule has 0 saturated heterocycles. The average molecular weight is 667 g/mol. The summed E-state index contributed by atoms with van der Waals surface area (Å²) in [5, 5.41) is 12.4. The lowest BCUT2D eigenvalue weighted by Gasteiger charge is -2.15. The number of anilines is 1. The molecule has 0 aromatic heterocycles. The summed E-state index contributed by atoms with van der Waals surface area (Å²) in [5.41, 5.74) is 2.38. The van der Waals surface area contributed by atoms with Gasteiger partial charge in [-0.05, 0) is 109 Å². The lowest BCUT2D eigenvalue weighted by atomic mass is 10.1. The number of halogens is 4. The Bertz CT molecular complexity index is 1310. The van der Waals surface area contributed by atoms with Gasteiger partial charge in [0.15, 0.2) is 11.5 Å². The maximum absolute atomic E-state index is 14.0. The first-order valence-corrected chi connectivity index (χ1v) is 12.8. The summed E-state index contributed by atoms with van der Waals surface area (Å²) < 4.78 is 27.5.